The van der Waals surface area contributed by atoms with Crippen LogP contribution in [0, 0.1) is 5.92 Å². The molecule has 0 unspecified atom stereocenters. The number of benzene rings is 1. The number of nitrogens with zero attached hydrogens (tertiary/aromatic N) is 1. The number of hydrogen-bond donors (Lipinski definition) is 2. The topological polar surface area (TPSA) is 78.5 Å². The van der Waals surface area contributed by atoms with E-state index in [4.69, 9.17) is 0 Å². The van der Waals surface area contributed by atoms with Gasteiger partial charge in [-0.25, -0.2) is 4.79 Å². The van der Waals surface area contributed by atoms with Gasteiger partial charge >= 0.3 is 6.03 Å². The number of carbonyl (C=O) groups is 3. The summed E-state index contributed by atoms with van der Waals surface area (Å²) in [5, 5.41) is 5.38. The minimum absolute atomic E-state index is 0.0319. The summed E-state index contributed by atoms with van der Waals surface area (Å²) in [6.45, 7) is 3.72. The average Bonchev–Trinajstić information content (AvgIpc) is 3.03. The van der Waals surface area contributed by atoms with Gasteiger partial charge in [-0.05, 0) is 50.2 Å². The Labute approximate surface area is 141 Å². The van der Waals surface area contributed by atoms with Crippen LogP contribution in [0.15, 0.2) is 24.3 Å². The summed E-state index contributed by atoms with van der Waals surface area (Å²) in [7, 11) is 0. The molecule has 1 aromatic rings. The van der Waals surface area contributed by atoms with Gasteiger partial charge in [-0.1, -0.05) is 24.3 Å². The van der Waals surface area contributed by atoms with Gasteiger partial charge in [-0.3, -0.25) is 14.5 Å². The van der Waals surface area contributed by atoms with Crippen LogP contribution in [0.1, 0.15) is 31.4 Å². The summed E-state index contributed by atoms with van der Waals surface area (Å²) in [5.41, 5.74) is 2.40. The molecule has 2 N–H and O–H groups in total. The number of fused-ring (bicyclic) bond motifs is 1. The van der Waals surface area contributed by atoms with E-state index in [1.165, 1.54) is 11.1 Å². The third-order valence-corrected chi connectivity index (χ3v) is 4.65. The van der Waals surface area contributed by atoms with E-state index in [0.717, 1.165) is 24.2 Å². The SMILES string of the molecule is CC(C)(CC1Cc2ccccc2C1)NC(=O)CN1C(=O)CNC1=O. The molecule has 24 heavy (non-hydrogen) atoms. The molecule has 0 radical (unpaired) electrons. The van der Waals surface area contributed by atoms with Crippen molar-refractivity contribution in [1.82, 2.24) is 15.5 Å². The summed E-state index contributed by atoms with van der Waals surface area (Å²) >= 11 is 0. The van der Waals surface area contributed by atoms with Crippen LogP contribution in [-0.2, 0) is 22.4 Å². The van der Waals surface area contributed by atoms with Crippen molar-refractivity contribution in [2.24, 2.45) is 5.92 Å². The van der Waals surface area contributed by atoms with Gasteiger partial charge in [0, 0.05) is 5.54 Å². The van der Waals surface area contributed by atoms with Gasteiger partial charge < -0.3 is 10.6 Å². The zero-order valence-electron chi connectivity index (χ0n) is 14.1. The molecule has 1 aromatic carbocycles. The van der Waals surface area contributed by atoms with Gasteiger partial charge in [0.05, 0.1) is 6.54 Å². The molecule has 128 valence electrons. The van der Waals surface area contributed by atoms with Crippen LogP contribution < -0.4 is 10.6 Å². The average molecular weight is 329 g/mol. The Bertz CT molecular complexity index is 643. The van der Waals surface area contributed by atoms with Crippen LogP contribution in [-0.4, -0.2) is 41.4 Å². The highest BCUT2D eigenvalue weighted by molar-refractivity contribution is 6.04. The molecule has 0 bridgehead atoms. The Balaban J connectivity index is 1.53. The third kappa shape index (κ3) is 3.58. The fourth-order valence-electron chi connectivity index (χ4n) is 3.74. The maximum Gasteiger partial charge on any atom is 0.325 e. The Morgan fingerprint density at radius 1 is 1.25 bits per heavy atom. The van der Waals surface area contributed by atoms with Gasteiger partial charge in [0.25, 0.3) is 5.91 Å². The van der Waals surface area contributed by atoms with Crippen molar-refractivity contribution in [2.75, 3.05) is 13.1 Å². The zero-order valence-corrected chi connectivity index (χ0v) is 14.1. The standard InChI is InChI=1S/C18H23N3O3/c1-18(2,9-12-7-13-5-3-4-6-14(13)8-12)20-15(22)11-21-16(23)10-19-17(21)24/h3-6,12H,7-11H2,1-2H3,(H,19,24)(H,20,22). The fourth-order valence-corrected chi connectivity index (χ4v) is 3.74. The van der Waals surface area contributed by atoms with Crippen LogP contribution in [0.4, 0.5) is 4.79 Å². The Morgan fingerprint density at radius 3 is 2.42 bits per heavy atom. The van der Waals surface area contributed by atoms with Crippen molar-refractivity contribution in [2.45, 2.75) is 38.6 Å². The van der Waals surface area contributed by atoms with Gasteiger partial charge in [0.1, 0.15) is 6.54 Å². The molecule has 2 aliphatic rings. The summed E-state index contributed by atoms with van der Waals surface area (Å²) in [4.78, 5) is 36.2. The Morgan fingerprint density at radius 2 is 1.88 bits per heavy atom. The number of carbonyl (C=O) groups excluding carboxylic acids is 3. The summed E-state index contributed by atoms with van der Waals surface area (Å²) in [6, 6.07) is 7.95. The summed E-state index contributed by atoms with van der Waals surface area (Å²) < 4.78 is 0. The molecule has 0 spiro atoms. The minimum atomic E-state index is -0.501. The van der Waals surface area contributed by atoms with E-state index in [2.05, 4.69) is 34.9 Å². The quantitative estimate of drug-likeness (QED) is 0.798. The molecular weight excluding hydrogens is 306 g/mol. The smallest absolute Gasteiger partial charge is 0.325 e. The van der Waals surface area contributed by atoms with Crippen molar-refractivity contribution in [1.29, 1.82) is 0 Å². The molecule has 4 amide bonds. The highest BCUT2D eigenvalue weighted by Crippen LogP contribution is 2.31. The maximum atomic E-state index is 12.2. The number of hydrogen-bond acceptors (Lipinski definition) is 3. The first-order valence-electron chi connectivity index (χ1n) is 8.30. The van der Waals surface area contributed by atoms with Gasteiger partial charge in [-0.2, -0.15) is 0 Å². The second kappa shape index (κ2) is 6.26. The molecule has 1 saturated heterocycles. The van der Waals surface area contributed by atoms with Crippen LogP contribution in [0.25, 0.3) is 0 Å². The second-order valence-corrected chi connectivity index (χ2v) is 7.32. The number of urea groups is 1. The second-order valence-electron chi connectivity index (χ2n) is 7.32. The molecular formula is C18H23N3O3. The molecule has 3 rings (SSSR count). The van der Waals surface area contributed by atoms with Crippen molar-refractivity contribution in [3.63, 3.8) is 0 Å². The van der Waals surface area contributed by atoms with Gasteiger partial charge in [0.15, 0.2) is 0 Å². The molecule has 6 heteroatoms. The number of rotatable bonds is 5. The van der Waals surface area contributed by atoms with Crippen molar-refractivity contribution < 1.29 is 14.4 Å². The molecule has 0 saturated carbocycles. The van der Waals surface area contributed by atoms with Crippen LogP contribution >= 0.6 is 0 Å². The highest BCUT2D eigenvalue weighted by atomic mass is 16.2. The van der Waals surface area contributed by atoms with Crippen molar-refractivity contribution in [3.05, 3.63) is 35.4 Å². The van der Waals surface area contributed by atoms with E-state index >= 15 is 0 Å². The lowest BCUT2D eigenvalue weighted by Gasteiger charge is -2.30. The van der Waals surface area contributed by atoms with Crippen molar-refractivity contribution in [3.8, 4) is 0 Å². The van der Waals surface area contributed by atoms with Gasteiger partial charge in [-0.15, -0.1) is 0 Å². The first-order chi connectivity index (χ1) is 11.3. The third-order valence-electron chi connectivity index (χ3n) is 4.65. The minimum Gasteiger partial charge on any atom is -0.350 e. The molecule has 1 aliphatic heterocycles. The van der Waals surface area contributed by atoms with E-state index in [0.29, 0.717) is 5.92 Å². The van der Waals surface area contributed by atoms with Crippen molar-refractivity contribution >= 4 is 17.8 Å². The molecule has 0 aromatic heterocycles. The summed E-state index contributed by atoms with van der Waals surface area (Å²) in [6.07, 6.45) is 2.92. The predicted molar refractivity (Wildman–Crippen MR) is 89.3 cm³/mol. The lowest BCUT2D eigenvalue weighted by molar-refractivity contribution is -0.131. The predicted octanol–water partition coefficient (Wildman–Crippen LogP) is 1.24. The van der Waals surface area contributed by atoms with Gasteiger partial charge in [0.2, 0.25) is 5.91 Å². The Hall–Kier alpha value is -2.37. The van der Waals surface area contributed by atoms with E-state index in [1.54, 1.807) is 0 Å². The first-order valence-corrected chi connectivity index (χ1v) is 8.30. The monoisotopic (exact) mass is 329 g/mol. The van der Waals surface area contributed by atoms with E-state index < -0.39 is 6.03 Å². The molecule has 1 fully saturated rings. The Kier molecular flexibility index (Phi) is 4.30. The highest BCUT2D eigenvalue weighted by Gasteiger charge is 2.33. The molecule has 1 aliphatic carbocycles. The maximum absolute atomic E-state index is 12.2. The zero-order chi connectivity index (χ0) is 17.3. The van der Waals surface area contributed by atoms with Crippen LogP contribution in [0.3, 0.4) is 0 Å². The fraction of sp³-hybridized carbons (Fsp3) is 0.500. The van der Waals surface area contributed by atoms with E-state index in [1.807, 2.05) is 13.8 Å². The molecule has 1 heterocycles. The number of imide groups is 1. The van der Waals surface area contributed by atoms with E-state index in [9.17, 15) is 14.4 Å². The largest absolute Gasteiger partial charge is 0.350 e. The van der Waals surface area contributed by atoms with Crippen LogP contribution in [0.5, 0.6) is 0 Å². The lowest BCUT2D eigenvalue weighted by Crippen LogP contribution is -2.49. The molecule has 0 atom stereocenters. The first kappa shape index (κ1) is 16.5. The molecule has 6 nitrogen and oxygen atoms in total. The summed E-state index contributed by atoms with van der Waals surface area (Å²) in [5.74, 6) is -0.172. The number of amides is 4. The van der Waals surface area contributed by atoms with Crippen LogP contribution in [0.2, 0.25) is 0 Å². The lowest BCUT2D eigenvalue weighted by atomic mass is 9.88. The normalized spacial score (nSPS) is 17.8. The number of nitrogens with one attached hydrogen (secondary N) is 2. The van der Waals surface area contributed by atoms with E-state index in [-0.39, 0.29) is 30.4 Å².